The van der Waals surface area contributed by atoms with Crippen LogP contribution in [0.2, 0.25) is 0 Å². The molecule has 0 saturated carbocycles. The van der Waals surface area contributed by atoms with Crippen LogP contribution >= 0.6 is 0 Å². The SMILES string of the molecule is Cc1ccccc1CN1CCC(NS(=O)(=O)c2c(F)cccc2F)CC1. The van der Waals surface area contributed by atoms with E-state index >= 15 is 0 Å². The fourth-order valence-electron chi connectivity index (χ4n) is 3.25. The molecule has 0 aromatic heterocycles. The van der Waals surface area contributed by atoms with E-state index in [2.05, 4.69) is 28.7 Å². The lowest BCUT2D eigenvalue weighted by atomic mass is 10.0. The van der Waals surface area contributed by atoms with Gasteiger partial charge in [-0.25, -0.2) is 21.9 Å². The maximum Gasteiger partial charge on any atom is 0.246 e. The van der Waals surface area contributed by atoms with Gasteiger partial charge < -0.3 is 0 Å². The van der Waals surface area contributed by atoms with Gasteiger partial charge in [0.05, 0.1) is 0 Å². The highest BCUT2D eigenvalue weighted by Crippen LogP contribution is 2.21. The molecule has 0 radical (unpaired) electrons. The minimum Gasteiger partial charge on any atom is -0.299 e. The Morgan fingerprint density at radius 3 is 2.27 bits per heavy atom. The number of likely N-dealkylation sites (tertiary alicyclic amines) is 1. The number of hydrogen-bond acceptors (Lipinski definition) is 3. The summed E-state index contributed by atoms with van der Waals surface area (Å²) in [4.78, 5) is 1.36. The van der Waals surface area contributed by atoms with E-state index in [-0.39, 0.29) is 6.04 Å². The van der Waals surface area contributed by atoms with E-state index in [9.17, 15) is 17.2 Å². The molecule has 0 unspecified atom stereocenters. The van der Waals surface area contributed by atoms with Crippen LogP contribution < -0.4 is 4.72 Å². The molecular weight excluding hydrogens is 358 g/mol. The van der Waals surface area contributed by atoms with E-state index in [1.54, 1.807) is 0 Å². The van der Waals surface area contributed by atoms with E-state index in [1.165, 1.54) is 11.1 Å². The highest BCUT2D eigenvalue weighted by atomic mass is 32.2. The zero-order chi connectivity index (χ0) is 18.7. The topological polar surface area (TPSA) is 49.4 Å². The molecule has 1 N–H and O–H groups in total. The maximum absolute atomic E-state index is 13.8. The van der Waals surface area contributed by atoms with Crippen LogP contribution in [0, 0.1) is 18.6 Å². The van der Waals surface area contributed by atoms with Gasteiger partial charge in [0.15, 0.2) is 4.90 Å². The van der Waals surface area contributed by atoms with Crippen LogP contribution in [0.3, 0.4) is 0 Å². The number of sulfonamides is 1. The molecule has 3 rings (SSSR count). The summed E-state index contributed by atoms with van der Waals surface area (Å²) in [5, 5.41) is 0. The molecule has 26 heavy (non-hydrogen) atoms. The number of benzene rings is 2. The third kappa shape index (κ3) is 4.28. The van der Waals surface area contributed by atoms with Crippen LogP contribution in [0.5, 0.6) is 0 Å². The molecule has 0 spiro atoms. The summed E-state index contributed by atoms with van der Waals surface area (Å²) in [7, 11) is -4.22. The van der Waals surface area contributed by atoms with Gasteiger partial charge in [-0.1, -0.05) is 30.3 Å². The van der Waals surface area contributed by atoms with Crippen molar-refractivity contribution in [1.82, 2.24) is 9.62 Å². The first-order chi connectivity index (χ1) is 12.4. The van der Waals surface area contributed by atoms with Crippen LogP contribution in [0.25, 0.3) is 0 Å². The second-order valence-corrected chi connectivity index (χ2v) is 8.30. The Kier molecular flexibility index (Phi) is 5.70. The second-order valence-electron chi connectivity index (χ2n) is 6.65. The molecule has 7 heteroatoms. The number of piperidine rings is 1. The number of aryl methyl sites for hydroxylation is 1. The number of rotatable bonds is 5. The van der Waals surface area contributed by atoms with Gasteiger partial charge in [0.1, 0.15) is 11.6 Å². The predicted molar refractivity (Wildman–Crippen MR) is 96.2 cm³/mol. The van der Waals surface area contributed by atoms with E-state index in [0.717, 1.165) is 37.8 Å². The minimum atomic E-state index is -4.22. The van der Waals surface area contributed by atoms with Gasteiger partial charge in [-0.05, 0) is 43.0 Å². The fraction of sp³-hybridized carbons (Fsp3) is 0.368. The Balaban J connectivity index is 1.61. The number of nitrogens with zero attached hydrogens (tertiary/aromatic N) is 1. The van der Waals surface area contributed by atoms with Crippen LogP contribution in [-0.2, 0) is 16.6 Å². The molecule has 0 aliphatic carbocycles. The van der Waals surface area contributed by atoms with Crippen molar-refractivity contribution in [2.45, 2.75) is 37.2 Å². The molecule has 1 fully saturated rings. The predicted octanol–water partition coefficient (Wildman–Crippen LogP) is 3.22. The molecule has 0 atom stereocenters. The molecule has 2 aromatic carbocycles. The largest absolute Gasteiger partial charge is 0.299 e. The first kappa shape index (κ1) is 18.9. The molecular formula is C19H22F2N2O2S. The van der Waals surface area contributed by atoms with Crippen molar-refractivity contribution in [3.05, 3.63) is 65.2 Å². The number of halogens is 2. The van der Waals surface area contributed by atoms with Crippen molar-refractivity contribution < 1.29 is 17.2 Å². The van der Waals surface area contributed by atoms with Gasteiger partial charge >= 0.3 is 0 Å². The summed E-state index contributed by atoms with van der Waals surface area (Å²) >= 11 is 0. The molecule has 1 aliphatic rings. The van der Waals surface area contributed by atoms with Crippen LogP contribution in [0.1, 0.15) is 24.0 Å². The van der Waals surface area contributed by atoms with Crippen LogP contribution in [0.4, 0.5) is 8.78 Å². The van der Waals surface area contributed by atoms with E-state index in [0.29, 0.717) is 12.8 Å². The summed E-state index contributed by atoms with van der Waals surface area (Å²) in [6, 6.07) is 10.9. The van der Waals surface area contributed by atoms with E-state index < -0.39 is 26.6 Å². The van der Waals surface area contributed by atoms with Gasteiger partial charge in [0.25, 0.3) is 0 Å². The average molecular weight is 380 g/mol. The standard InChI is InChI=1S/C19H22F2N2O2S/c1-14-5-2-3-6-15(14)13-23-11-9-16(10-12-23)22-26(24,25)19-17(20)7-4-8-18(19)21/h2-8,16,22H,9-13H2,1H3. The van der Waals surface area contributed by atoms with Crippen molar-refractivity contribution >= 4 is 10.0 Å². The molecule has 0 amide bonds. The zero-order valence-corrected chi connectivity index (χ0v) is 15.4. The lowest BCUT2D eigenvalue weighted by Crippen LogP contribution is -2.44. The molecule has 1 saturated heterocycles. The Hall–Kier alpha value is -1.83. The average Bonchev–Trinajstić information content (AvgIpc) is 2.58. The Morgan fingerprint density at radius 1 is 1.04 bits per heavy atom. The molecule has 4 nitrogen and oxygen atoms in total. The van der Waals surface area contributed by atoms with Gasteiger partial charge in [-0.2, -0.15) is 0 Å². The second kappa shape index (κ2) is 7.82. The third-order valence-electron chi connectivity index (χ3n) is 4.75. The molecule has 140 valence electrons. The number of nitrogens with one attached hydrogen (secondary N) is 1. The highest BCUT2D eigenvalue weighted by Gasteiger charge is 2.29. The third-order valence-corrected chi connectivity index (χ3v) is 6.32. The van der Waals surface area contributed by atoms with Gasteiger partial charge in [0, 0.05) is 25.7 Å². The van der Waals surface area contributed by atoms with Crippen LogP contribution in [0.15, 0.2) is 47.4 Å². The van der Waals surface area contributed by atoms with Crippen LogP contribution in [-0.4, -0.2) is 32.4 Å². The smallest absolute Gasteiger partial charge is 0.246 e. The first-order valence-electron chi connectivity index (χ1n) is 8.60. The molecule has 2 aromatic rings. The van der Waals surface area contributed by atoms with Gasteiger partial charge in [-0.3, -0.25) is 4.90 Å². The zero-order valence-electron chi connectivity index (χ0n) is 14.6. The minimum absolute atomic E-state index is 0.327. The van der Waals surface area contributed by atoms with Gasteiger partial charge in [-0.15, -0.1) is 0 Å². The highest BCUT2D eigenvalue weighted by molar-refractivity contribution is 7.89. The fourth-order valence-corrected chi connectivity index (χ4v) is 4.70. The molecule has 1 heterocycles. The monoisotopic (exact) mass is 380 g/mol. The Morgan fingerprint density at radius 2 is 1.65 bits per heavy atom. The Labute approximate surface area is 152 Å². The van der Waals surface area contributed by atoms with Crippen molar-refractivity contribution in [2.75, 3.05) is 13.1 Å². The van der Waals surface area contributed by atoms with E-state index in [1.807, 2.05) is 12.1 Å². The van der Waals surface area contributed by atoms with Crippen molar-refractivity contribution in [1.29, 1.82) is 0 Å². The molecule has 1 aliphatic heterocycles. The first-order valence-corrected chi connectivity index (χ1v) is 10.1. The van der Waals surface area contributed by atoms with E-state index in [4.69, 9.17) is 0 Å². The van der Waals surface area contributed by atoms with Crippen molar-refractivity contribution in [2.24, 2.45) is 0 Å². The quantitative estimate of drug-likeness (QED) is 0.867. The number of hydrogen-bond donors (Lipinski definition) is 1. The summed E-state index contributed by atoms with van der Waals surface area (Å²) in [5.41, 5.74) is 2.48. The van der Waals surface area contributed by atoms with Gasteiger partial charge in [0.2, 0.25) is 10.0 Å². The Bertz CT molecular complexity index is 859. The summed E-state index contributed by atoms with van der Waals surface area (Å²) in [6.45, 7) is 4.33. The molecule has 0 bridgehead atoms. The van der Waals surface area contributed by atoms with Crippen molar-refractivity contribution in [3.63, 3.8) is 0 Å². The lowest BCUT2D eigenvalue weighted by Gasteiger charge is -2.32. The normalized spacial score (nSPS) is 16.7. The van der Waals surface area contributed by atoms with Crippen molar-refractivity contribution in [3.8, 4) is 0 Å². The summed E-state index contributed by atoms with van der Waals surface area (Å²) in [6.07, 6.45) is 1.20. The lowest BCUT2D eigenvalue weighted by molar-refractivity contribution is 0.199. The summed E-state index contributed by atoms with van der Waals surface area (Å²) in [5.74, 6) is -2.15. The maximum atomic E-state index is 13.8. The summed E-state index contributed by atoms with van der Waals surface area (Å²) < 4.78 is 54.7.